The number of carbonyl (C=O) groups excluding carboxylic acids is 1. The number of hydrogen-bond acceptors (Lipinski definition) is 1. The molecule has 0 bridgehead atoms. The standard InChI is InChI=1S/C10H10F3NO/c1-7(15)14-6-8-2-4-9(5-3-8)10(11,12)13/h2-5H,6H2,1H3,(H,14,15). The molecule has 0 spiro atoms. The van der Waals surface area contributed by atoms with Gasteiger partial charge in [0.05, 0.1) is 5.56 Å². The number of hydrogen-bond donors (Lipinski definition) is 1. The van der Waals surface area contributed by atoms with E-state index >= 15 is 0 Å². The highest BCUT2D eigenvalue weighted by atomic mass is 19.4. The average Bonchev–Trinajstić information content (AvgIpc) is 2.14. The van der Waals surface area contributed by atoms with Crippen LogP contribution >= 0.6 is 0 Å². The minimum absolute atomic E-state index is 0.213. The lowest BCUT2D eigenvalue weighted by molar-refractivity contribution is -0.137. The summed E-state index contributed by atoms with van der Waals surface area (Å²) in [7, 11) is 0. The van der Waals surface area contributed by atoms with Crippen LogP contribution in [0.4, 0.5) is 13.2 Å². The third kappa shape index (κ3) is 3.61. The molecule has 82 valence electrons. The second kappa shape index (κ2) is 4.33. The van der Waals surface area contributed by atoms with Crippen LogP contribution in [0.1, 0.15) is 18.1 Å². The van der Waals surface area contributed by atoms with E-state index in [2.05, 4.69) is 5.32 Å². The molecule has 0 saturated carbocycles. The lowest BCUT2D eigenvalue weighted by atomic mass is 10.1. The van der Waals surface area contributed by atoms with Gasteiger partial charge in [-0.25, -0.2) is 0 Å². The summed E-state index contributed by atoms with van der Waals surface area (Å²) in [5.74, 6) is -0.213. The molecule has 0 saturated heterocycles. The smallest absolute Gasteiger partial charge is 0.352 e. The molecular weight excluding hydrogens is 207 g/mol. The van der Waals surface area contributed by atoms with E-state index in [1.165, 1.54) is 19.1 Å². The van der Waals surface area contributed by atoms with Gasteiger partial charge in [0.2, 0.25) is 5.91 Å². The fourth-order valence-electron chi connectivity index (χ4n) is 1.04. The van der Waals surface area contributed by atoms with E-state index in [0.29, 0.717) is 5.56 Å². The molecule has 1 amide bonds. The number of carbonyl (C=O) groups is 1. The molecule has 1 aromatic rings. The molecule has 0 radical (unpaired) electrons. The first-order chi connectivity index (χ1) is 6.89. The van der Waals surface area contributed by atoms with Gasteiger partial charge in [-0.1, -0.05) is 12.1 Å². The Kier molecular flexibility index (Phi) is 3.34. The van der Waals surface area contributed by atoms with E-state index in [0.717, 1.165) is 12.1 Å². The van der Waals surface area contributed by atoms with Crippen molar-refractivity contribution in [3.8, 4) is 0 Å². The molecule has 0 heterocycles. The van der Waals surface area contributed by atoms with Crippen molar-refractivity contribution < 1.29 is 18.0 Å². The first kappa shape index (κ1) is 11.6. The monoisotopic (exact) mass is 217 g/mol. The van der Waals surface area contributed by atoms with Gasteiger partial charge < -0.3 is 5.32 Å². The van der Waals surface area contributed by atoms with Crippen molar-refractivity contribution in [1.29, 1.82) is 0 Å². The van der Waals surface area contributed by atoms with E-state index in [1.54, 1.807) is 0 Å². The number of halogens is 3. The molecule has 0 aromatic heterocycles. The Balaban J connectivity index is 2.69. The molecule has 1 aromatic carbocycles. The highest BCUT2D eigenvalue weighted by Gasteiger charge is 2.29. The van der Waals surface area contributed by atoms with Gasteiger partial charge in [0, 0.05) is 13.5 Å². The molecule has 0 fully saturated rings. The Hall–Kier alpha value is -1.52. The summed E-state index contributed by atoms with van der Waals surface area (Å²) in [5, 5.41) is 2.50. The van der Waals surface area contributed by atoms with Crippen molar-refractivity contribution in [3.05, 3.63) is 35.4 Å². The predicted octanol–water partition coefficient (Wildman–Crippen LogP) is 2.34. The van der Waals surface area contributed by atoms with Crippen molar-refractivity contribution >= 4 is 5.91 Å². The summed E-state index contributed by atoms with van der Waals surface area (Å²) in [6.07, 6.45) is -4.31. The third-order valence-corrected chi connectivity index (χ3v) is 1.82. The van der Waals surface area contributed by atoms with Crippen molar-refractivity contribution in [1.82, 2.24) is 5.32 Å². The summed E-state index contributed by atoms with van der Waals surface area (Å²) >= 11 is 0. The first-order valence-electron chi connectivity index (χ1n) is 4.30. The average molecular weight is 217 g/mol. The van der Waals surface area contributed by atoms with Crippen molar-refractivity contribution in [2.75, 3.05) is 0 Å². The summed E-state index contributed by atoms with van der Waals surface area (Å²) in [6, 6.07) is 4.69. The molecule has 0 aliphatic heterocycles. The van der Waals surface area contributed by atoms with Gasteiger partial charge in [-0.15, -0.1) is 0 Å². The van der Waals surface area contributed by atoms with Crippen LogP contribution in [0, 0.1) is 0 Å². The normalized spacial score (nSPS) is 11.2. The zero-order valence-electron chi connectivity index (χ0n) is 8.06. The fraction of sp³-hybridized carbons (Fsp3) is 0.300. The zero-order chi connectivity index (χ0) is 11.5. The maximum Gasteiger partial charge on any atom is 0.416 e. The van der Waals surface area contributed by atoms with E-state index in [1.807, 2.05) is 0 Å². The number of rotatable bonds is 2. The maximum absolute atomic E-state index is 12.2. The van der Waals surface area contributed by atoms with Gasteiger partial charge in [0.15, 0.2) is 0 Å². The van der Waals surface area contributed by atoms with E-state index < -0.39 is 11.7 Å². The molecule has 5 heteroatoms. The summed E-state index contributed by atoms with van der Waals surface area (Å²) in [6.45, 7) is 1.59. The minimum Gasteiger partial charge on any atom is -0.352 e. The van der Waals surface area contributed by atoms with Crippen LogP contribution in [0.25, 0.3) is 0 Å². The molecule has 1 N–H and O–H groups in total. The first-order valence-corrected chi connectivity index (χ1v) is 4.30. The minimum atomic E-state index is -4.31. The van der Waals surface area contributed by atoms with Crippen molar-refractivity contribution in [2.24, 2.45) is 0 Å². The molecule has 0 atom stereocenters. The fourth-order valence-corrected chi connectivity index (χ4v) is 1.04. The summed E-state index contributed by atoms with van der Waals surface area (Å²) < 4.78 is 36.5. The molecule has 0 aliphatic rings. The van der Waals surface area contributed by atoms with Crippen molar-refractivity contribution in [2.45, 2.75) is 19.6 Å². The number of alkyl halides is 3. The largest absolute Gasteiger partial charge is 0.416 e. The van der Waals surface area contributed by atoms with E-state index in [4.69, 9.17) is 0 Å². The highest BCUT2D eigenvalue weighted by molar-refractivity contribution is 5.72. The summed E-state index contributed by atoms with van der Waals surface area (Å²) in [4.78, 5) is 10.6. The van der Waals surface area contributed by atoms with Gasteiger partial charge >= 0.3 is 6.18 Å². The second-order valence-corrected chi connectivity index (χ2v) is 3.10. The highest BCUT2D eigenvalue weighted by Crippen LogP contribution is 2.28. The quantitative estimate of drug-likeness (QED) is 0.809. The Bertz CT molecular complexity index is 343. The van der Waals surface area contributed by atoms with E-state index in [9.17, 15) is 18.0 Å². The number of benzene rings is 1. The van der Waals surface area contributed by atoms with Gasteiger partial charge in [-0.3, -0.25) is 4.79 Å². The zero-order valence-corrected chi connectivity index (χ0v) is 8.06. The predicted molar refractivity (Wildman–Crippen MR) is 49.0 cm³/mol. The second-order valence-electron chi connectivity index (χ2n) is 3.10. The molecule has 15 heavy (non-hydrogen) atoms. The Morgan fingerprint density at radius 1 is 1.27 bits per heavy atom. The van der Waals surface area contributed by atoms with Gasteiger partial charge in [-0.2, -0.15) is 13.2 Å². The van der Waals surface area contributed by atoms with Crippen LogP contribution in [0.5, 0.6) is 0 Å². The molecule has 0 unspecified atom stereocenters. The lowest BCUT2D eigenvalue weighted by Crippen LogP contribution is -2.18. The van der Waals surface area contributed by atoms with Crippen molar-refractivity contribution in [3.63, 3.8) is 0 Å². The Morgan fingerprint density at radius 2 is 1.80 bits per heavy atom. The summed E-state index contributed by atoms with van der Waals surface area (Å²) in [5.41, 5.74) is -0.0488. The molecule has 2 nitrogen and oxygen atoms in total. The van der Waals surface area contributed by atoms with Gasteiger partial charge in [0.1, 0.15) is 0 Å². The van der Waals surface area contributed by atoms with Crippen LogP contribution < -0.4 is 5.32 Å². The Morgan fingerprint density at radius 3 is 2.20 bits per heavy atom. The maximum atomic E-state index is 12.2. The van der Waals surface area contributed by atoms with Crippen LogP contribution in [-0.4, -0.2) is 5.91 Å². The van der Waals surface area contributed by atoms with E-state index in [-0.39, 0.29) is 12.5 Å². The van der Waals surface area contributed by atoms with Crippen LogP contribution in [0.2, 0.25) is 0 Å². The van der Waals surface area contributed by atoms with Crippen LogP contribution in [-0.2, 0) is 17.5 Å². The topological polar surface area (TPSA) is 29.1 Å². The number of nitrogens with one attached hydrogen (secondary N) is 1. The van der Waals surface area contributed by atoms with Crippen LogP contribution in [0.3, 0.4) is 0 Å². The number of amides is 1. The van der Waals surface area contributed by atoms with Gasteiger partial charge in [0.25, 0.3) is 0 Å². The molecular formula is C10H10F3NO. The molecule has 0 aliphatic carbocycles. The third-order valence-electron chi connectivity index (χ3n) is 1.82. The SMILES string of the molecule is CC(=O)NCc1ccc(C(F)(F)F)cc1. The lowest BCUT2D eigenvalue weighted by Gasteiger charge is -2.07. The van der Waals surface area contributed by atoms with Gasteiger partial charge in [-0.05, 0) is 17.7 Å². The molecule has 1 rings (SSSR count). The Labute approximate surface area is 85.1 Å². The van der Waals surface area contributed by atoms with Crippen LogP contribution in [0.15, 0.2) is 24.3 Å².